The van der Waals surface area contributed by atoms with Gasteiger partial charge in [0.15, 0.2) is 11.5 Å². The number of rotatable bonds is 34. The van der Waals surface area contributed by atoms with Gasteiger partial charge in [-0.15, -0.1) is 0 Å². The van der Waals surface area contributed by atoms with Crippen LogP contribution in [0.1, 0.15) is 288 Å². The molecule has 10 heterocycles. The zero-order valence-electron chi connectivity index (χ0n) is 83.7. The third-order valence-electron chi connectivity index (χ3n) is 26.9. The van der Waals surface area contributed by atoms with Crippen molar-refractivity contribution < 1.29 is 28.7 Å². The Morgan fingerprint density at radius 3 is 0.886 bits per heavy atom. The minimum atomic E-state index is -0.752. The Kier molecular flexibility index (Phi) is 29.6. The molecule has 8 N–H and O–H groups in total. The van der Waals surface area contributed by atoms with Crippen LogP contribution in [0.2, 0.25) is 0 Å². The maximum atomic E-state index is 14.8. The monoisotopic (exact) mass is 1860 g/mol. The van der Waals surface area contributed by atoms with Crippen LogP contribution in [-0.4, -0.2) is 76.7 Å². The molecule has 0 saturated carbocycles. The van der Waals surface area contributed by atoms with E-state index in [2.05, 4.69) is 225 Å². The number of aromatic nitrogens is 8. The number of nitrogens with one attached hydrogen (secondary N) is 8. The van der Waals surface area contributed by atoms with E-state index in [1.54, 1.807) is 0 Å². The predicted molar refractivity (Wildman–Crippen MR) is 577 cm³/mol. The van der Waals surface area contributed by atoms with Crippen molar-refractivity contribution in [1.82, 2.24) is 61.1 Å². The third-order valence-corrected chi connectivity index (χ3v) is 26.9. The first-order chi connectivity index (χ1) is 67.5. The van der Waals surface area contributed by atoms with Gasteiger partial charge >= 0.3 is 0 Å². The summed E-state index contributed by atoms with van der Waals surface area (Å²) in [5.41, 5.74) is 19.1. The number of unbranched alkanes of at least 4 members (excludes halogenated alkanes) is 10. The average molecular weight is 1860 g/mol. The fraction of sp³-hybridized carbons (Fsp3) is 0.328. The summed E-state index contributed by atoms with van der Waals surface area (Å²) in [5.74, 6) is 0.893. The molecule has 0 saturated heterocycles. The topological polar surface area (TPSA) is 250 Å². The summed E-state index contributed by atoms with van der Waals surface area (Å²) in [6.07, 6.45) is 31.2. The van der Waals surface area contributed by atoms with Gasteiger partial charge in [-0.2, -0.15) is 0 Å². The highest BCUT2D eigenvalue weighted by Crippen LogP contribution is 2.49. The molecule has 4 aliphatic rings. The zero-order chi connectivity index (χ0) is 98.0. The molecule has 0 unspecified atom stereocenters. The molecule has 4 amide bonds. The highest BCUT2D eigenvalue weighted by atomic mass is 16.5. The Hall–Kier alpha value is -14.3. The molecule has 0 spiro atoms. The van der Waals surface area contributed by atoms with E-state index in [1.165, 1.54) is 12.8 Å². The molecule has 18 nitrogen and oxygen atoms in total. The van der Waals surface area contributed by atoms with E-state index in [4.69, 9.17) is 29.4 Å². The summed E-state index contributed by atoms with van der Waals surface area (Å²) in [7, 11) is 0. The summed E-state index contributed by atoms with van der Waals surface area (Å²) in [6.45, 7) is 28.8. The van der Waals surface area contributed by atoms with Crippen molar-refractivity contribution >= 4 is 138 Å². The van der Waals surface area contributed by atoms with Crippen LogP contribution >= 0.6 is 0 Å². The summed E-state index contributed by atoms with van der Waals surface area (Å²) in [5, 5.41) is 17.7. The van der Waals surface area contributed by atoms with Crippen LogP contribution in [0.15, 0.2) is 218 Å². The standard InChI is InChI=1S/C122H134N12O6/c1-15-17-19-21-23-37-67-139-113-87-53-47-81(107-91-59-63-99(127-91)109(103(131-115(135)119(3,4)5)69-77-39-29-25-30-40-77)95-55-49-83(123-95)75-84-50-56-96(124-84)110(100-64-60-92(107)128-100)104(132-116(136)120(6,7)8)70-78-41-31-26-32-42-78)73-89(87)90-74-82(48-54-88(90)114(113)140-68-38-24-22-20-18-16-2)108-93-61-65-101(129-93)111(105(133-117(137)121(9,10)11)71-79-43-33-27-34-44-79)97-57-51-85(125-97)76-86-52-58-98(126-86)112(102-66-62-94(108)130-102)106(134-118(138)122(12,13)14)72-80-45-35-28-36-46-80/h25-36,39-66,73-76,103-106,123,125,128,130H,15-24,37-38,67-72H2,1-14H3,(H,131,135)(H,132,136)(H,133,137)(H,134,138)/t103-,104-,105-,106-/m1/s1. The van der Waals surface area contributed by atoms with Crippen molar-refractivity contribution in [3.05, 3.63) is 308 Å². The van der Waals surface area contributed by atoms with E-state index in [1.807, 2.05) is 180 Å². The number of fused-ring (bicyclic) bond motifs is 19. The quantitative estimate of drug-likeness (QED) is 0.0140. The summed E-state index contributed by atoms with van der Waals surface area (Å²) >= 11 is 0. The highest BCUT2D eigenvalue weighted by Gasteiger charge is 2.35. The van der Waals surface area contributed by atoms with Crippen LogP contribution < -0.4 is 30.7 Å². The smallest absolute Gasteiger partial charge is 0.225 e. The largest absolute Gasteiger partial charge is 0.489 e. The molecule has 4 aliphatic heterocycles. The second-order valence-corrected chi connectivity index (χ2v) is 42.1. The molecule has 13 aromatic rings. The molecule has 0 radical (unpaired) electrons. The SMILES string of the molecule is CCCCCCCCOc1c(OCCCCCCCC)c2ccc(-c3c4nc(c([C@@H](Cc5ccccc5)NC(=O)C(C)(C)C)c5ccc(cc6nc(c([C@@H](Cc7ccccc7)NC(=O)C(C)(C)C)c7ccc3[nH]7)C=C6)[nH]5)C=C4)cc2c2cc(-c3c4nc(c([C@@H](Cc5ccccc5)NC(=O)C(C)(C)C)c5ccc(cc6nc(c([C@@H](Cc7ccccc7)NC(=O)C(C)(C)C)c7ccc3[nH]7)C=C6)[nH]5)C=C4)ccc12. The van der Waals surface area contributed by atoms with Gasteiger partial charge in [0, 0.05) is 110 Å². The van der Waals surface area contributed by atoms with E-state index in [-0.39, 0.29) is 23.6 Å². The van der Waals surface area contributed by atoms with Gasteiger partial charge in [0.1, 0.15) is 0 Å². The van der Waals surface area contributed by atoms with Gasteiger partial charge in [-0.1, -0.05) is 295 Å². The fourth-order valence-electron chi connectivity index (χ4n) is 19.1. The Labute approximate surface area is 823 Å². The molecule has 0 aliphatic carbocycles. The molecule has 0 fully saturated rings. The van der Waals surface area contributed by atoms with Crippen molar-refractivity contribution in [2.24, 2.45) is 21.7 Å². The van der Waals surface area contributed by atoms with Gasteiger partial charge < -0.3 is 50.7 Å². The van der Waals surface area contributed by atoms with Gasteiger partial charge in [-0.05, 0) is 216 Å². The minimum absolute atomic E-state index is 0.109. The van der Waals surface area contributed by atoms with Crippen LogP contribution in [0.3, 0.4) is 0 Å². The summed E-state index contributed by atoms with van der Waals surface area (Å²) < 4.78 is 14.9. The second-order valence-electron chi connectivity index (χ2n) is 42.1. The van der Waals surface area contributed by atoms with Crippen molar-refractivity contribution in [1.29, 1.82) is 0 Å². The number of H-pyrrole nitrogens is 4. The Bertz CT molecular complexity index is 6680. The van der Waals surface area contributed by atoms with Crippen molar-refractivity contribution in [2.75, 3.05) is 13.2 Å². The van der Waals surface area contributed by atoms with Gasteiger partial charge in [-0.3, -0.25) is 19.2 Å². The first-order valence-corrected chi connectivity index (χ1v) is 50.4. The van der Waals surface area contributed by atoms with E-state index < -0.39 is 45.8 Å². The molecule has 16 bridgehead atoms. The molecular weight excluding hydrogens is 1730 g/mol. The maximum absolute atomic E-state index is 14.8. The van der Waals surface area contributed by atoms with Crippen LogP contribution in [0.25, 0.3) is 137 Å². The predicted octanol–water partition coefficient (Wildman–Crippen LogP) is 28.5. The molecular formula is C122H134N12O6. The molecule has 7 aromatic carbocycles. The van der Waals surface area contributed by atoms with Crippen molar-refractivity contribution in [2.45, 2.75) is 224 Å². The molecule has 17 rings (SSSR count). The van der Waals surface area contributed by atoms with E-state index in [9.17, 15) is 19.2 Å². The number of aromatic amines is 4. The number of hydrogen-bond acceptors (Lipinski definition) is 10. The first-order valence-electron chi connectivity index (χ1n) is 50.4. The Balaban J connectivity index is 0.989. The third kappa shape index (κ3) is 22.8. The average Bonchev–Trinajstić information content (AvgIpc) is 0.932. The molecule has 718 valence electrons. The Morgan fingerprint density at radius 1 is 0.286 bits per heavy atom. The molecule has 6 aromatic heterocycles. The van der Waals surface area contributed by atoms with Gasteiger partial charge in [0.25, 0.3) is 0 Å². The first kappa shape index (κ1) is 97.4. The number of carbonyl (C=O) groups is 4. The highest BCUT2D eigenvalue weighted by molar-refractivity contribution is 6.17. The number of ether oxygens (including phenoxy) is 2. The normalized spacial score (nSPS) is 13.5. The minimum Gasteiger partial charge on any atom is -0.489 e. The lowest BCUT2D eigenvalue weighted by Crippen LogP contribution is -2.38. The van der Waals surface area contributed by atoms with Gasteiger partial charge in [-0.25, -0.2) is 19.9 Å². The van der Waals surface area contributed by atoms with Crippen LogP contribution in [0.4, 0.5) is 0 Å². The second kappa shape index (κ2) is 42.6. The van der Waals surface area contributed by atoms with Gasteiger partial charge in [0.05, 0.1) is 82.9 Å². The molecule has 18 heteroatoms. The zero-order valence-corrected chi connectivity index (χ0v) is 83.7. The lowest BCUT2D eigenvalue weighted by Gasteiger charge is -2.25. The number of amides is 4. The number of carbonyl (C=O) groups excluding carboxylic acids is 4. The van der Waals surface area contributed by atoms with E-state index >= 15 is 0 Å². The van der Waals surface area contributed by atoms with E-state index in [0.717, 1.165) is 197 Å². The van der Waals surface area contributed by atoms with Crippen molar-refractivity contribution in [3.63, 3.8) is 0 Å². The maximum Gasteiger partial charge on any atom is 0.225 e. The van der Waals surface area contributed by atoms with Gasteiger partial charge in [0.2, 0.25) is 23.6 Å². The number of nitrogens with zero attached hydrogens (tertiary/aromatic N) is 4. The number of hydrogen-bond donors (Lipinski definition) is 8. The molecule has 140 heavy (non-hydrogen) atoms. The van der Waals surface area contributed by atoms with Crippen LogP contribution in [0, 0.1) is 21.7 Å². The van der Waals surface area contributed by atoms with E-state index in [0.29, 0.717) is 95.9 Å². The summed E-state index contributed by atoms with van der Waals surface area (Å²) in [6, 6.07) is 73.1. The van der Waals surface area contributed by atoms with Crippen molar-refractivity contribution in [3.8, 4) is 33.8 Å². The Morgan fingerprint density at radius 2 is 0.564 bits per heavy atom. The number of benzene rings is 7. The summed E-state index contributed by atoms with van der Waals surface area (Å²) in [4.78, 5) is 97.9. The van der Waals surface area contributed by atoms with Crippen LogP contribution in [0.5, 0.6) is 11.5 Å². The van der Waals surface area contributed by atoms with Crippen LogP contribution in [-0.2, 0) is 44.9 Å². The fourth-order valence-corrected chi connectivity index (χ4v) is 19.1. The molecule has 4 atom stereocenters. The lowest BCUT2D eigenvalue weighted by atomic mass is 9.92. The lowest BCUT2D eigenvalue weighted by molar-refractivity contribution is -0.130.